The average molecular weight is 402 g/mol. The number of rotatable bonds is 6. The number of carbonyl (C=O) groups is 1. The van der Waals surface area contributed by atoms with E-state index in [1.807, 2.05) is 49.9 Å². The molecule has 1 atom stereocenters. The first-order valence-electron chi connectivity index (χ1n) is 10.3. The van der Waals surface area contributed by atoms with Crippen LogP contribution < -0.4 is 9.47 Å². The fourth-order valence-corrected chi connectivity index (χ4v) is 3.53. The molecule has 7 nitrogen and oxygen atoms in total. The van der Waals surface area contributed by atoms with Crippen molar-refractivity contribution in [3.63, 3.8) is 0 Å². The highest BCUT2D eigenvalue weighted by atomic mass is 16.6. The molecule has 0 aliphatic carbocycles. The molecular formula is C22H31N3O4. The van der Waals surface area contributed by atoms with E-state index in [1.165, 1.54) is 0 Å². The second-order valence-corrected chi connectivity index (χ2v) is 8.45. The van der Waals surface area contributed by atoms with Gasteiger partial charge in [-0.2, -0.15) is 0 Å². The number of ether oxygens (including phenoxy) is 3. The lowest BCUT2D eigenvalue weighted by Crippen LogP contribution is -2.42. The van der Waals surface area contributed by atoms with Crippen LogP contribution in [0.4, 0.5) is 4.79 Å². The van der Waals surface area contributed by atoms with Crippen molar-refractivity contribution in [2.45, 2.75) is 52.1 Å². The number of hydrogen-bond acceptors (Lipinski definition) is 6. The van der Waals surface area contributed by atoms with E-state index in [1.54, 1.807) is 7.11 Å². The lowest BCUT2D eigenvalue weighted by molar-refractivity contribution is 0.0159. The quantitative estimate of drug-likeness (QED) is 0.666. The predicted molar refractivity (Wildman–Crippen MR) is 111 cm³/mol. The predicted octanol–water partition coefficient (Wildman–Crippen LogP) is 4.44. The third kappa shape index (κ3) is 5.95. The molecule has 0 radical (unpaired) electrons. The molecular weight excluding hydrogens is 370 g/mol. The summed E-state index contributed by atoms with van der Waals surface area (Å²) in [5.41, 5.74) is 1.10. The molecule has 158 valence electrons. The normalized spacial score (nSPS) is 17.2. The summed E-state index contributed by atoms with van der Waals surface area (Å²) in [5, 5.41) is 0. The third-order valence-corrected chi connectivity index (χ3v) is 4.87. The Morgan fingerprint density at radius 2 is 1.86 bits per heavy atom. The van der Waals surface area contributed by atoms with Gasteiger partial charge in [0.1, 0.15) is 5.60 Å². The molecule has 0 saturated carbocycles. The van der Waals surface area contributed by atoms with Crippen molar-refractivity contribution in [3.05, 3.63) is 24.3 Å². The number of fused-ring (bicyclic) bond motifs is 1. The molecule has 1 amide bonds. The molecule has 0 N–H and O–H groups in total. The number of likely N-dealkylation sites (tertiary alicyclic amines) is 1. The van der Waals surface area contributed by atoms with Crippen LogP contribution in [0.5, 0.6) is 11.8 Å². The number of hydrogen-bond donors (Lipinski definition) is 0. The highest BCUT2D eigenvalue weighted by Gasteiger charge is 2.27. The van der Waals surface area contributed by atoms with Crippen molar-refractivity contribution in [1.29, 1.82) is 0 Å². The van der Waals surface area contributed by atoms with Gasteiger partial charge in [0.2, 0.25) is 0 Å². The molecule has 2 heterocycles. The van der Waals surface area contributed by atoms with Gasteiger partial charge in [-0.05, 0) is 64.5 Å². The van der Waals surface area contributed by atoms with E-state index < -0.39 is 5.60 Å². The van der Waals surface area contributed by atoms with Gasteiger partial charge in [0.25, 0.3) is 11.8 Å². The number of amides is 1. The van der Waals surface area contributed by atoms with E-state index in [0.29, 0.717) is 24.3 Å². The van der Waals surface area contributed by atoms with Crippen LogP contribution in [0.2, 0.25) is 0 Å². The Hall–Kier alpha value is -2.57. The van der Waals surface area contributed by atoms with E-state index >= 15 is 0 Å². The molecule has 1 aliphatic heterocycles. The van der Waals surface area contributed by atoms with Gasteiger partial charge >= 0.3 is 6.09 Å². The summed E-state index contributed by atoms with van der Waals surface area (Å²) in [6.45, 7) is 7.74. The first-order valence-corrected chi connectivity index (χ1v) is 10.3. The first kappa shape index (κ1) is 21.1. The molecule has 3 rings (SSSR count). The van der Waals surface area contributed by atoms with Gasteiger partial charge in [0.05, 0.1) is 24.8 Å². The minimum Gasteiger partial charge on any atom is -0.477 e. The van der Waals surface area contributed by atoms with Gasteiger partial charge in [0, 0.05) is 13.1 Å². The van der Waals surface area contributed by atoms with Crippen molar-refractivity contribution < 1.29 is 19.0 Å². The maximum Gasteiger partial charge on any atom is 0.410 e. The smallest absolute Gasteiger partial charge is 0.410 e. The van der Waals surface area contributed by atoms with Gasteiger partial charge in [-0.1, -0.05) is 12.1 Å². The number of aromatic nitrogens is 2. The molecule has 1 saturated heterocycles. The third-order valence-electron chi connectivity index (χ3n) is 4.87. The van der Waals surface area contributed by atoms with Crippen molar-refractivity contribution in [3.8, 4) is 11.8 Å². The molecule has 29 heavy (non-hydrogen) atoms. The monoisotopic (exact) mass is 401 g/mol. The van der Waals surface area contributed by atoms with Crippen LogP contribution in [0.25, 0.3) is 11.0 Å². The summed E-state index contributed by atoms with van der Waals surface area (Å²) in [7, 11) is 1.57. The summed E-state index contributed by atoms with van der Waals surface area (Å²) < 4.78 is 16.7. The van der Waals surface area contributed by atoms with Crippen LogP contribution in [0.3, 0.4) is 0 Å². The van der Waals surface area contributed by atoms with Gasteiger partial charge in [-0.15, -0.1) is 0 Å². The second-order valence-electron chi connectivity index (χ2n) is 8.45. The molecule has 1 fully saturated rings. The van der Waals surface area contributed by atoms with E-state index in [9.17, 15) is 4.79 Å². The Bertz CT molecular complexity index is 834. The fraction of sp³-hybridized carbons (Fsp3) is 0.591. The zero-order valence-corrected chi connectivity index (χ0v) is 17.8. The summed E-state index contributed by atoms with van der Waals surface area (Å²) in [6, 6.07) is 7.64. The summed E-state index contributed by atoms with van der Waals surface area (Å²) >= 11 is 0. The van der Waals surface area contributed by atoms with Crippen LogP contribution in [-0.4, -0.2) is 53.4 Å². The number of para-hydroxylation sites is 2. The van der Waals surface area contributed by atoms with E-state index in [0.717, 1.165) is 49.8 Å². The second kappa shape index (κ2) is 9.29. The fourth-order valence-electron chi connectivity index (χ4n) is 3.53. The lowest BCUT2D eigenvalue weighted by Gasteiger charge is -2.34. The zero-order chi connectivity index (χ0) is 20.9. The molecule has 2 aromatic rings. The number of piperidine rings is 1. The number of carbonyl (C=O) groups excluding carboxylic acids is 1. The van der Waals surface area contributed by atoms with Crippen LogP contribution in [-0.2, 0) is 4.74 Å². The maximum absolute atomic E-state index is 12.3. The SMILES string of the molecule is COc1nc2ccccc2nc1OCCC[C@H]1CCCN(C(=O)OC(C)(C)C)C1. The zero-order valence-electron chi connectivity index (χ0n) is 17.8. The molecule has 0 unspecified atom stereocenters. The Balaban J connectivity index is 1.49. The van der Waals surface area contributed by atoms with E-state index in [4.69, 9.17) is 14.2 Å². The highest BCUT2D eigenvalue weighted by Crippen LogP contribution is 2.26. The molecule has 1 aromatic carbocycles. The van der Waals surface area contributed by atoms with Crippen molar-refractivity contribution >= 4 is 17.1 Å². The molecule has 7 heteroatoms. The lowest BCUT2D eigenvalue weighted by atomic mass is 9.94. The molecule has 0 bridgehead atoms. The van der Waals surface area contributed by atoms with Crippen LogP contribution >= 0.6 is 0 Å². The summed E-state index contributed by atoms with van der Waals surface area (Å²) in [6.07, 6.45) is 3.79. The van der Waals surface area contributed by atoms with Crippen molar-refractivity contribution in [2.75, 3.05) is 26.8 Å². The van der Waals surface area contributed by atoms with Gasteiger partial charge in [-0.3, -0.25) is 0 Å². The maximum atomic E-state index is 12.3. The number of nitrogens with zero attached hydrogens (tertiary/aromatic N) is 3. The van der Waals surface area contributed by atoms with Gasteiger partial charge in [-0.25, -0.2) is 14.8 Å². The first-order chi connectivity index (χ1) is 13.9. The Labute approximate surface area is 172 Å². The number of methoxy groups -OCH3 is 1. The van der Waals surface area contributed by atoms with Gasteiger partial charge in [0.15, 0.2) is 0 Å². The minimum atomic E-state index is -0.461. The summed E-state index contributed by atoms with van der Waals surface area (Å²) in [4.78, 5) is 23.1. The highest BCUT2D eigenvalue weighted by molar-refractivity contribution is 5.75. The van der Waals surface area contributed by atoms with Crippen LogP contribution in [0.15, 0.2) is 24.3 Å². The molecule has 1 aromatic heterocycles. The Kier molecular flexibility index (Phi) is 6.77. The van der Waals surface area contributed by atoms with Crippen molar-refractivity contribution in [2.24, 2.45) is 5.92 Å². The van der Waals surface area contributed by atoms with Crippen LogP contribution in [0, 0.1) is 5.92 Å². The standard InChI is InChI=1S/C22H31N3O4/c1-22(2,3)29-21(26)25-13-7-9-16(15-25)10-8-14-28-20-19(27-4)23-17-11-5-6-12-18(17)24-20/h5-6,11-12,16H,7-10,13-15H2,1-4H3/t16-/m1/s1. The minimum absolute atomic E-state index is 0.213. The molecule has 0 spiro atoms. The Morgan fingerprint density at radius 1 is 1.17 bits per heavy atom. The van der Waals surface area contributed by atoms with E-state index in [2.05, 4.69) is 9.97 Å². The van der Waals surface area contributed by atoms with Gasteiger partial charge < -0.3 is 19.1 Å². The topological polar surface area (TPSA) is 73.8 Å². The summed E-state index contributed by atoms with van der Waals surface area (Å²) in [5.74, 6) is 1.28. The van der Waals surface area contributed by atoms with Crippen molar-refractivity contribution in [1.82, 2.24) is 14.9 Å². The van der Waals surface area contributed by atoms with E-state index in [-0.39, 0.29) is 6.09 Å². The molecule has 1 aliphatic rings. The Morgan fingerprint density at radius 3 is 2.52 bits per heavy atom. The number of benzene rings is 1. The average Bonchev–Trinajstić information content (AvgIpc) is 2.69. The largest absolute Gasteiger partial charge is 0.477 e. The van der Waals surface area contributed by atoms with Crippen LogP contribution in [0.1, 0.15) is 46.5 Å².